The van der Waals surface area contributed by atoms with Crippen LogP contribution in [0.25, 0.3) is 33.6 Å². The van der Waals surface area contributed by atoms with Gasteiger partial charge in [0.1, 0.15) is 0 Å². The van der Waals surface area contributed by atoms with E-state index in [1.807, 2.05) is 0 Å². The summed E-state index contributed by atoms with van der Waals surface area (Å²) in [7, 11) is 3.42. The predicted octanol–water partition coefficient (Wildman–Crippen LogP) is 7.65. The monoisotopic (exact) mass is 471 g/mol. The Morgan fingerprint density at radius 3 is 1.89 bits per heavy atom. The van der Waals surface area contributed by atoms with Crippen molar-refractivity contribution in [3.8, 4) is 45.1 Å². The van der Waals surface area contributed by atoms with E-state index in [1.54, 1.807) is 14.2 Å². The van der Waals surface area contributed by atoms with Crippen LogP contribution >= 0.6 is 0 Å². The Labute approximate surface area is 212 Å². The second kappa shape index (κ2) is 9.43. The summed E-state index contributed by atoms with van der Waals surface area (Å²) in [5.41, 5.74) is 11.5. The topological polar surface area (TPSA) is 23.4 Å². The summed E-state index contributed by atoms with van der Waals surface area (Å²) in [6.45, 7) is 0.913. The van der Waals surface area contributed by atoms with E-state index in [0.29, 0.717) is 0 Å². The van der Waals surface area contributed by atoms with Crippen LogP contribution in [0.3, 0.4) is 0 Å². The molecule has 0 saturated carbocycles. The molecule has 0 radical (unpaired) electrons. The second-order valence-electron chi connectivity index (χ2n) is 9.21. The number of fused-ring (bicyclic) bond motifs is 3. The van der Waals surface area contributed by atoms with Gasteiger partial charge in [-0.05, 0) is 46.4 Å². The summed E-state index contributed by atoms with van der Waals surface area (Å²) >= 11 is 0. The summed E-state index contributed by atoms with van der Waals surface area (Å²) in [6, 6.07) is 36.7. The molecule has 0 amide bonds. The van der Waals surface area contributed by atoms with Gasteiger partial charge >= 0.3 is 0 Å². The van der Waals surface area contributed by atoms with Crippen molar-refractivity contribution in [2.45, 2.75) is 19.4 Å². The average molecular weight is 472 g/mol. The molecule has 1 aromatic heterocycles. The van der Waals surface area contributed by atoms with Crippen molar-refractivity contribution in [3.63, 3.8) is 0 Å². The fourth-order valence-electron chi connectivity index (χ4n) is 5.57. The number of rotatable bonds is 6. The molecular formula is C33H29NO2. The standard InChI is InChI=1S/C33H29NO2/c1-35-29-21-26-18-19-34-32(25-16-10-5-11-17-25)31(24-14-8-4-9-15-24)28(20-23-12-6-3-7-13-23)33(34)27(26)22-30(29)36-2/h3-17,21-22H,18-20H2,1-2H3. The fraction of sp³-hybridized carbons (Fsp3) is 0.152. The molecule has 0 saturated heterocycles. The molecule has 3 nitrogen and oxygen atoms in total. The van der Waals surface area contributed by atoms with Crippen molar-refractivity contribution >= 4 is 0 Å². The van der Waals surface area contributed by atoms with Crippen LogP contribution in [-0.4, -0.2) is 18.8 Å². The highest BCUT2D eigenvalue weighted by molar-refractivity contribution is 5.92. The van der Waals surface area contributed by atoms with Crippen molar-refractivity contribution in [2.75, 3.05) is 14.2 Å². The lowest BCUT2D eigenvalue weighted by atomic mass is 9.90. The lowest BCUT2D eigenvalue weighted by Gasteiger charge is -2.24. The Morgan fingerprint density at radius 2 is 1.25 bits per heavy atom. The minimum atomic E-state index is 0.763. The van der Waals surface area contributed by atoms with Crippen LogP contribution in [-0.2, 0) is 19.4 Å². The maximum Gasteiger partial charge on any atom is 0.161 e. The maximum atomic E-state index is 5.75. The highest BCUT2D eigenvalue weighted by Gasteiger charge is 2.30. The first-order chi connectivity index (χ1) is 17.8. The van der Waals surface area contributed by atoms with Gasteiger partial charge < -0.3 is 14.0 Å². The van der Waals surface area contributed by atoms with Crippen LogP contribution in [0.2, 0.25) is 0 Å². The summed E-state index contributed by atoms with van der Waals surface area (Å²) in [4.78, 5) is 0. The molecule has 2 heterocycles. The van der Waals surface area contributed by atoms with Gasteiger partial charge in [-0.1, -0.05) is 91.0 Å². The number of hydrogen-bond donors (Lipinski definition) is 0. The largest absolute Gasteiger partial charge is 0.493 e. The fourth-order valence-corrected chi connectivity index (χ4v) is 5.57. The van der Waals surface area contributed by atoms with Gasteiger partial charge in [0.05, 0.1) is 25.6 Å². The number of benzene rings is 4. The molecular weight excluding hydrogens is 442 g/mol. The van der Waals surface area contributed by atoms with Gasteiger partial charge in [0.2, 0.25) is 0 Å². The molecule has 5 aromatic rings. The van der Waals surface area contributed by atoms with E-state index in [2.05, 4.69) is 108 Å². The van der Waals surface area contributed by atoms with Gasteiger partial charge in [-0.3, -0.25) is 0 Å². The van der Waals surface area contributed by atoms with Crippen molar-refractivity contribution in [1.82, 2.24) is 4.57 Å². The quantitative estimate of drug-likeness (QED) is 0.254. The van der Waals surface area contributed by atoms with Gasteiger partial charge in [-0.2, -0.15) is 0 Å². The Morgan fingerprint density at radius 1 is 0.667 bits per heavy atom. The van der Waals surface area contributed by atoms with Crippen LogP contribution < -0.4 is 9.47 Å². The number of hydrogen-bond acceptors (Lipinski definition) is 2. The van der Waals surface area contributed by atoms with Gasteiger partial charge in [0, 0.05) is 24.1 Å². The molecule has 6 rings (SSSR count). The lowest BCUT2D eigenvalue weighted by Crippen LogP contribution is -2.13. The number of ether oxygens (including phenoxy) is 2. The smallest absolute Gasteiger partial charge is 0.161 e. The van der Waals surface area contributed by atoms with E-state index in [1.165, 1.54) is 50.3 Å². The molecule has 0 fully saturated rings. The summed E-state index contributed by atoms with van der Waals surface area (Å²) in [5.74, 6) is 1.55. The average Bonchev–Trinajstić information content (AvgIpc) is 3.28. The van der Waals surface area contributed by atoms with Crippen LogP contribution in [0.5, 0.6) is 11.5 Å². The van der Waals surface area contributed by atoms with Crippen molar-refractivity contribution in [1.29, 1.82) is 0 Å². The van der Waals surface area contributed by atoms with Crippen LogP contribution in [0, 0.1) is 0 Å². The molecule has 0 N–H and O–H groups in total. The number of aromatic nitrogens is 1. The van der Waals surface area contributed by atoms with E-state index < -0.39 is 0 Å². The van der Waals surface area contributed by atoms with E-state index in [0.717, 1.165) is 30.9 Å². The van der Waals surface area contributed by atoms with Crippen molar-refractivity contribution in [2.24, 2.45) is 0 Å². The molecule has 36 heavy (non-hydrogen) atoms. The molecule has 0 aliphatic carbocycles. The number of aryl methyl sites for hydroxylation is 1. The summed E-state index contributed by atoms with van der Waals surface area (Å²) < 4.78 is 13.9. The third-order valence-electron chi connectivity index (χ3n) is 7.17. The van der Waals surface area contributed by atoms with Gasteiger partial charge in [-0.15, -0.1) is 0 Å². The normalized spacial score (nSPS) is 12.1. The lowest BCUT2D eigenvalue weighted by molar-refractivity contribution is 0.354. The highest BCUT2D eigenvalue weighted by Crippen LogP contribution is 2.48. The molecule has 0 bridgehead atoms. The zero-order valence-corrected chi connectivity index (χ0v) is 20.7. The van der Waals surface area contributed by atoms with E-state index >= 15 is 0 Å². The van der Waals surface area contributed by atoms with Gasteiger partial charge in [0.25, 0.3) is 0 Å². The summed E-state index contributed by atoms with van der Waals surface area (Å²) in [6.07, 6.45) is 1.79. The van der Waals surface area contributed by atoms with Crippen LogP contribution in [0.15, 0.2) is 103 Å². The first kappa shape index (κ1) is 22.2. The third kappa shape index (κ3) is 3.77. The van der Waals surface area contributed by atoms with E-state index in [4.69, 9.17) is 9.47 Å². The Hall–Kier alpha value is -4.24. The highest BCUT2D eigenvalue weighted by atomic mass is 16.5. The zero-order chi connectivity index (χ0) is 24.5. The molecule has 0 spiro atoms. The predicted molar refractivity (Wildman–Crippen MR) is 147 cm³/mol. The third-order valence-corrected chi connectivity index (χ3v) is 7.17. The molecule has 0 unspecified atom stereocenters. The molecule has 3 heteroatoms. The SMILES string of the molecule is COc1cc2c(cc1OC)-c1c(Cc3ccccc3)c(-c3ccccc3)c(-c3ccccc3)n1CC2. The van der Waals surface area contributed by atoms with E-state index in [9.17, 15) is 0 Å². The first-order valence-corrected chi connectivity index (χ1v) is 12.4. The Balaban J connectivity index is 1.71. The Kier molecular flexibility index (Phi) is 5.82. The minimum Gasteiger partial charge on any atom is -0.493 e. The van der Waals surface area contributed by atoms with Gasteiger partial charge in [0.15, 0.2) is 11.5 Å². The summed E-state index contributed by atoms with van der Waals surface area (Å²) in [5, 5.41) is 0. The molecule has 0 atom stereocenters. The number of nitrogens with zero attached hydrogens (tertiary/aromatic N) is 1. The van der Waals surface area contributed by atoms with Crippen molar-refractivity contribution < 1.29 is 9.47 Å². The van der Waals surface area contributed by atoms with Crippen molar-refractivity contribution in [3.05, 3.63) is 120 Å². The van der Waals surface area contributed by atoms with Crippen LogP contribution in [0.4, 0.5) is 0 Å². The van der Waals surface area contributed by atoms with Crippen LogP contribution in [0.1, 0.15) is 16.7 Å². The first-order valence-electron chi connectivity index (χ1n) is 12.4. The maximum absolute atomic E-state index is 5.75. The zero-order valence-electron chi connectivity index (χ0n) is 20.7. The Bertz CT molecular complexity index is 1500. The second-order valence-corrected chi connectivity index (χ2v) is 9.21. The van der Waals surface area contributed by atoms with E-state index in [-0.39, 0.29) is 0 Å². The molecule has 4 aromatic carbocycles. The molecule has 178 valence electrons. The minimum absolute atomic E-state index is 0.763. The molecule has 1 aliphatic rings. The molecule has 1 aliphatic heterocycles. The number of methoxy groups -OCH3 is 2. The van der Waals surface area contributed by atoms with Gasteiger partial charge in [-0.25, -0.2) is 0 Å².